The van der Waals surface area contributed by atoms with Gasteiger partial charge < -0.3 is 15.2 Å². The number of nitrogens with zero attached hydrogens (tertiary/aromatic N) is 4. The van der Waals surface area contributed by atoms with Crippen LogP contribution in [0.3, 0.4) is 0 Å². The number of nitrogens with one attached hydrogen (secondary N) is 1. The molecule has 2 aromatic rings. The second-order valence-electron chi connectivity index (χ2n) is 12.3. The molecule has 2 saturated heterocycles. The maximum atomic E-state index is 15.7. The molecule has 1 aromatic heterocycles. The smallest absolute Gasteiger partial charge is 0.338 e. The van der Waals surface area contributed by atoms with E-state index in [1.54, 1.807) is 49.6 Å². The van der Waals surface area contributed by atoms with Gasteiger partial charge in [-0.2, -0.15) is 0 Å². The summed E-state index contributed by atoms with van der Waals surface area (Å²) >= 11 is 1.35. The van der Waals surface area contributed by atoms with E-state index in [9.17, 15) is 19.1 Å². The number of likely N-dealkylation sites (tertiary alicyclic amines) is 2. The van der Waals surface area contributed by atoms with E-state index in [4.69, 9.17) is 9.73 Å². The molecule has 0 amide bonds. The van der Waals surface area contributed by atoms with Crippen molar-refractivity contribution in [1.29, 1.82) is 0 Å². The van der Waals surface area contributed by atoms with Crippen molar-refractivity contribution in [2.45, 2.75) is 71.5 Å². The van der Waals surface area contributed by atoms with Crippen LogP contribution in [0.5, 0.6) is 0 Å². The minimum Gasteiger partial charge on any atom is -0.481 e. The SMILES string of the molecule is CCOC(=O)C1=C(CN2CC(F)(F)[C@H]3[C@@H]2CCN3CCC(C)(C)C(=O)O)NC(c2nc(C)cs2)=N[C@H]1c1cccc(F)c1C. The molecule has 238 valence electrons. The molecule has 9 nitrogen and oxygen atoms in total. The Labute approximate surface area is 258 Å². The number of carboxylic acid groups (broad SMARTS) is 1. The normalized spacial score (nSPS) is 23.8. The number of thiazole rings is 1. The highest BCUT2D eigenvalue weighted by molar-refractivity contribution is 7.11. The zero-order chi connectivity index (χ0) is 32.0. The third kappa shape index (κ3) is 6.14. The minimum absolute atomic E-state index is 0.0202. The van der Waals surface area contributed by atoms with E-state index in [1.807, 2.05) is 12.3 Å². The lowest BCUT2D eigenvalue weighted by atomic mass is 9.89. The fourth-order valence-corrected chi connectivity index (χ4v) is 7.04. The topological polar surface area (TPSA) is 107 Å². The highest BCUT2D eigenvalue weighted by Gasteiger charge is 2.59. The zero-order valence-electron chi connectivity index (χ0n) is 25.5. The summed E-state index contributed by atoms with van der Waals surface area (Å²) in [5.74, 6) is -4.77. The van der Waals surface area contributed by atoms with E-state index in [-0.39, 0.29) is 31.7 Å². The molecule has 1 aromatic carbocycles. The number of fused-ring (bicyclic) bond motifs is 1. The number of alkyl halides is 2. The van der Waals surface area contributed by atoms with E-state index in [1.165, 1.54) is 17.4 Å². The largest absolute Gasteiger partial charge is 0.481 e. The number of aliphatic carboxylic acids is 1. The summed E-state index contributed by atoms with van der Waals surface area (Å²) in [7, 11) is 0. The maximum Gasteiger partial charge on any atom is 0.338 e. The van der Waals surface area contributed by atoms with Gasteiger partial charge in [0.15, 0.2) is 10.8 Å². The number of benzene rings is 1. The lowest BCUT2D eigenvalue weighted by Crippen LogP contribution is -2.46. The number of carboxylic acids is 1. The van der Waals surface area contributed by atoms with E-state index in [2.05, 4.69) is 10.3 Å². The summed E-state index contributed by atoms with van der Waals surface area (Å²) in [5, 5.41) is 15.2. The molecule has 3 atom stereocenters. The van der Waals surface area contributed by atoms with Crippen LogP contribution in [0.25, 0.3) is 0 Å². The molecule has 13 heteroatoms. The van der Waals surface area contributed by atoms with E-state index >= 15 is 8.78 Å². The average molecular weight is 634 g/mol. The number of hydrogen-bond acceptors (Lipinski definition) is 9. The Morgan fingerprint density at radius 3 is 2.66 bits per heavy atom. The molecule has 5 rings (SSSR count). The molecular formula is C31H38F3N5O4S. The van der Waals surface area contributed by atoms with Gasteiger partial charge in [-0.05, 0) is 71.2 Å². The Balaban J connectivity index is 1.52. The van der Waals surface area contributed by atoms with Crippen molar-refractivity contribution < 1.29 is 32.6 Å². The van der Waals surface area contributed by atoms with Gasteiger partial charge in [-0.3, -0.25) is 19.6 Å². The molecule has 2 N–H and O–H groups in total. The van der Waals surface area contributed by atoms with Crippen LogP contribution in [0.4, 0.5) is 13.2 Å². The maximum absolute atomic E-state index is 15.7. The summed E-state index contributed by atoms with van der Waals surface area (Å²) in [4.78, 5) is 37.9. The number of hydrogen-bond donors (Lipinski definition) is 2. The molecule has 0 radical (unpaired) electrons. The van der Waals surface area contributed by atoms with Crippen LogP contribution in [0.2, 0.25) is 0 Å². The summed E-state index contributed by atoms with van der Waals surface area (Å²) in [5.41, 5.74) is 1.02. The Morgan fingerprint density at radius 2 is 2.00 bits per heavy atom. The molecule has 44 heavy (non-hydrogen) atoms. The van der Waals surface area contributed by atoms with Gasteiger partial charge in [-0.15, -0.1) is 11.3 Å². The Kier molecular flexibility index (Phi) is 8.94. The van der Waals surface area contributed by atoms with Crippen LogP contribution in [-0.4, -0.2) is 88.5 Å². The quantitative estimate of drug-likeness (QED) is 0.363. The zero-order valence-corrected chi connectivity index (χ0v) is 26.3. The molecule has 0 aliphatic carbocycles. The first-order chi connectivity index (χ1) is 20.7. The van der Waals surface area contributed by atoms with Crippen molar-refractivity contribution in [1.82, 2.24) is 20.1 Å². The summed E-state index contributed by atoms with van der Waals surface area (Å²) in [6, 6.07) is 2.03. The third-order valence-electron chi connectivity index (χ3n) is 8.80. The first-order valence-electron chi connectivity index (χ1n) is 14.7. The number of rotatable bonds is 10. The van der Waals surface area contributed by atoms with Gasteiger partial charge in [0.2, 0.25) is 0 Å². The van der Waals surface area contributed by atoms with Crippen LogP contribution in [-0.2, 0) is 14.3 Å². The predicted molar refractivity (Wildman–Crippen MR) is 160 cm³/mol. The third-order valence-corrected chi connectivity index (χ3v) is 9.76. The van der Waals surface area contributed by atoms with E-state index in [0.29, 0.717) is 40.6 Å². The first-order valence-corrected chi connectivity index (χ1v) is 15.6. The number of esters is 1. The fraction of sp³-hybridized carbons (Fsp3) is 0.548. The Bertz CT molecular complexity index is 1510. The lowest BCUT2D eigenvalue weighted by Gasteiger charge is -2.31. The molecule has 0 saturated carbocycles. The van der Waals surface area contributed by atoms with Crippen LogP contribution >= 0.6 is 11.3 Å². The van der Waals surface area contributed by atoms with Gasteiger partial charge in [-0.25, -0.2) is 22.9 Å². The molecule has 2 fully saturated rings. The summed E-state index contributed by atoms with van der Waals surface area (Å²) in [6.45, 7) is 8.50. The monoisotopic (exact) mass is 633 g/mol. The van der Waals surface area contributed by atoms with Crippen molar-refractivity contribution in [3.05, 3.63) is 62.5 Å². The van der Waals surface area contributed by atoms with Gasteiger partial charge in [0.25, 0.3) is 5.92 Å². The van der Waals surface area contributed by atoms with Crippen molar-refractivity contribution in [3.8, 4) is 0 Å². The van der Waals surface area contributed by atoms with Crippen molar-refractivity contribution in [2.75, 3.05) is 32.8 Å². The number of halogens is 3. The first kappa shape index (κ1) is 32.1. The predicted octanol–water partition coefficient (Wildman–Crippen LogP) is 4.70. The second-order valence-corrected chi connectivity index (χ2v) is 13.2. The number of aryl methyl sites for hydroxylation is 1. The molecular weight excluding hydrogens is 595 g/mol. The molecule has 0 spiro atoms. The van der Waals surface area contributed by atoms with Crippen LogP contribution in [0.15, 0.2) is 39.8 Å². The van der Waals surface area contributed by atoms with Gasteiger partial charge in [0.05, 0.1) is 30.2 Å². The van der Waals surface area contributed by atoms with Gasteiger partial charge >= 0.3 is 11.9 Å². The fourth-order valence-electron chi connectivity index (χ4n) is 6.29. The summed E-state index contributed by atoms with van der Waals surface area (Å²) < 4.78 is 51.6. The van der Waals surface area contributed by atoms with E-state index < -0.39 is 53.8 Å². The van der Waals surface area contributed by atoms with Gasteiger partial charge in [0.1, 0.15) is 11.9 Å². The second kappa shape index (κ2) is 12.2. The van der Waals surface area contributed by atoms with Gasteiger partial charge in [-0.1, -0.05) is 12.1 Å². The Hall–Kier alpha value is -3.29. The van der Waals surface area contributed by atoms with Crippen molar-refractivity contribution in [3.63, 3.8) is 0 Å². The summed E-state index contributed by atoms with van der Waals surface area (Å²) in [6.07, 6.45) is 0.706. The lowest BCUT2D eigenvalue weighted by molar-refractivity contribution is -0.147. The standard InChI is InChI=1S/C31H38F3N5O4S/c1-6-43-28(40)23-21(14-39-16-31(33,34)25-22(39)10-12-38(25)13-11-30(4,5)29(41)42)36-26(27-35-17(2)15-44-27)37-24(23)19-8-7-9-20(32)18(19)3/h7-9,15,22,24-25H,6,10-14,16H2,1-5H3,(H,36,37)(H,41,42)/t22-,24-,25+/m0/s1. The molecule has 0 bridgehead atoms. The number of carbonyl (C=O) groups excluding carboxylic acids is 1. The molecule has 3 aliphatic heterocycles. The minimum atomic E-state index is -3.06. The average Bonchev–Trinajstić information content (AvgIpc) is 3.65. The van der Waals surface area contributed by atoms with Crippen molar-refractivity contribution >= 4 is 29.1 Å². The highest BCUT2D eigenvalue weighted by atomic mass is 32.1. The van der Waals surface area contributed by atoms with Crippen LogP contribution in [0, 0.1) is 25.1 Å². The number of aromatic nitrogens is 1. The highest BCUT2D eigenvalue weighted by Crippen LogP contribution is 2.43. The van der Waals surface area contributed by atoms with E-state index in [0.717, 1.165) is 5.69 Å². The van der Waals surface area contributed by atoms with Gasteiger partial charge in [0, 0.05) is 35.9 Å². The number of amidine groups is 1. The van der Waals surface area contributed by atoms with Crippen LogP contribution in [0.1, 0.15) is 61.5 Å². The molecule has 4 heterocycles. The van der Waals surface area contributed by atoms with Crippen molar-refractivity contribution in [2.24, 2.45) is 10.4 Å². The number of carbonyl (C=O) groups is 2. The number of ether oxygens (including phenoxy) is 1. The Morgan fingerprint density at radius 1 is 1.25 bits per heavy atom. The molecule has 3 aliphatic rings. The number of aliphatic imine (C=N–C) groups is 1. The van der Waals surface area contributed by atoms with Crippen LogP contribution < -0.4 is 5.32 Å². The molecule has 0 unspecified atom stereocenters.